The fourth-order valence-electron chi connectivity index (χ4n) is 3.47. The average molecular weight is 194 g/mol. The molecule has 0 radical (unpaired) electrons. The molecular weight excluding hydrogens is 172 g/mol. The molecule has 0 saturated heterocycles. The van der Waals surface area contributed by atoms with E-state index in [1.807, 2.05) is 6.08 Å². The Hall–Kier alpha value is -0.300. The standard InChI is InChI=1S/C13H22O/c1-2-11-9-6-10-13(11,14)12-7-4-3-5-8-12/h2,11-12,14H,1,3-10H2/t11-,13+/m0/s1. The summed E-state index contributed by atoms with van der Waals surface area (Å²) in [6.45, 7) is 3.87. The Kier molecular flexibility index (Phi) is 2.96. The molecule has 0 bridgehead atoms. The van der Waals surface area contributed by atoms with Gasteiger partial charge in [-0.3, -0.25) is 0 Å². The van der Waals surface area contributed by atoms with E-state index >= 15 is 0 Å². The lowest BCUT2D eigenvalue weighted by atomic mass is 9.72. The Labute approximate surface area is 87.2 Å². The van der Waals surface area contributed by atoms with Crippen LogP contribution in [0.2, 0.25) is 0 Å². The van der Waals surface area contributed by atoms with Crippen molar-refractivity contribution in [2.45, 2.75) is 57.0 Å². The highest BCUT2D eigenvalue weighted by Crippen LogP contribution is 2.46. The average Bonchev–Trinajstić information content (AvgIpc) is 2.62. The van der Waals surface area contributed by atoms with Crippen molar-refractivity contribution in [2.75, 3.05) is 0 Å². The van der Waals surface area contributed by atoms with Crippen molar-refractivity contribution in [3.05, 3.63) is 12.7 Å². The zero-order valence-electron chi connectivity index (χ0n) is 9.04. The zero-order valence-corrected chi connectivity index (χ0v) is 9.04. The van der Waals surface area contributed by atoms with Crippen LogP contribution in [0.5, 0.6) is 0 Å². The van der Waals surface area contributed by atoms with Gasteiger partial charge in [-0.15, -0.1) is 6.58 Å². The van der Waals surface area contributed by atoms with E-state index in [4.69, 9.17) is 0 Å². The van der Waals surface area contributed by atoms with Gasteiger partial charge in [0.2, 0.25) is 0 Å². The van der Waals surface area contributed by atoms with Crippen LogP contribution in [0.3, 0.4) is 0 Å². The van der Waals surface area contributed by atoms with E-state index in [0.717, 1.165) is 12.8 Å². The molecule has 1 N–H and O–H groups in total. The van der Waals surface area contributed by atoms with Gasteiger partial charge in [-0.2, -0.15) is 0 Å². The molecule has 0 spiro atoms. The summed E-state index contributed by atoms with van der Waals surface area (Å²) < 4.78 is 0. The lowest BCUT2D eigenvalue weighted by Gasteiger charge is -2.39. The van der Waals surface area contributed by atoms with E-state index < -0.39 is 0 Å². The Morgan fingerprint density at radius 1 is 1.07 bits per heavy atom. The van der Waals surface area contributed by atoms with Gasteiger partial charge >= 0.3 is 0 Å². The Morgan fingerprint density at radius 3 is 2.43 bits per heavy atom. The second kappa shape index (κ2) is 4.06. The summed E-state index contributed by atoms with van der Waals surface area (Å²) in [5, 5.41) is 10.7. The summed E-state index contributed by atoms with van der Waals surface area (Å²) in [5.41, 5.74) is -0.387. The fourth-order valence-corrected chi connectivity index (χ4v) is 3.47. The van der Waals surface area contributed by atoms with Crippen LogP contribution in [0.1, 0.15) is 51.4 Å². The van der Waals surface area contributed by atoms with Crippen molar-refractivity contribution in [1.82, 2.24) is 0 Å². The lowest BCUT2D eigenvalue weighted by Crippen LogP contribution is -2.41. The van der Waals surface area contributed by atoms with Gasteiger partial charge in [0.25, 0.3) is 0 Å². The third-order valence-corrected chi connectivity index (χ3v) is 4.33. The minimum Gasteiger partial charge on any atom is -0.389 e. The molecule has 2 fully saturated rings. The number of aliphatic hydroxyl groups is 1. The molecule has 2 aliphatic carbocycles. The first kappa shape index (κ1) is 10.2. The lowest BCUT2D eigenvalue weighted by molar-refractivity contribution is -0.0504. The predicted molar refractivity (Wildman–Crippen MR) is 59.1 cm³/mol. The monoisotopic (exact) mass is 194 g/mol. The Balaban J connectivity index is 2.08. The number of hydrogen-bond acceptors (Lipinski definition) is 1. The first-order valence-electron chi connectivity index (χ1n) is 6.12. The Bertz CT molecular complexity index is 205. The fraction of sp³-hybridized carbons (Fsp3) is 0.846. The molecule has 0 aliphatic heterocycles. The second-order valence-electron chi connectivity index (χ2n) is 5.06. The first-order chi connectivity index (χ1) is 6.77. The van der Waals surface area contributed by atoms with E-state index in [1.54, 1.807) is 0 Å². The molecule has 0 aromatic heterocycles. The van der Waals surface area contributed by atoms with Crippen LogP contribution in [-0.2, 0) is 0 Å². The molecule has 0 amide bonds. The van der Waals surface area contributed by atoms with Gasteiger partial charge in [0, 0.05) is 5.92 Å². The minimum atomic E-state index is -0.387. The van der Waals surface area contributed by atoms with Crippen LogP contribution in [0.4, 0.5) is 0 Å². The molecule has 80 valence electrons. The molecule has 1 nitrogen and oxygen atoms in total. The topological polar surface area (TPSA) is 20.2 Å². The molecular formula is C13H22O. The van der Waals surface area contributed by atoms with Crippen LogP contribution in [0, 0.1) is 11.8 Å². The third-order valence-electron chi connectivity index (χ3n) is 4.33. The van der Waals surface area contributed by atoms with Crippen LogP contribution in [0.15, 0.2) is 12.7 Å². The normalized spacial score (nSPS) is 39.9. The molecule has 2 aliphatic rings. The van der Waals surface area contributed by atoms with Gasteiger partial charge in [0.15, 0.2) is 0 Å². The van der Waals surface area contributed by atoms with E-state index in [1.165, 1.54) is 38.5 Å². The maximum atomic E-state index is 10.7. The molecule has 0 aromatic rings. The molecule has 0 unspecified atom stereocenters. The maximum absolute atomic E-state index is 10.7. The van der Waals surface area contributed by atoms with Crippen molar-refractivity contribution in [1.29, 1.82) is 0 Å². The molecule has 2 rings (SSSR count). The number of hydrogen-bond donors (Lipinski definition) is 1. The second-order valence-corrected chi connectivity index (χ2v) is 5.06. The van der Waals surface area contributed by atoms with Gasteiger partial charge < -0.3 is 5.11 Å². The summed E-state index contributed by atoms with van der Waals surface area (Å²) in [7, 11) is 0. The van der Waals surface area contributed by atoms with Gasteiger partial charge in [0.1, 0.15) is 0 Å². The largest absolute Gasteiger partial charge is 0.389 e. The van der Waals surface area contributed by atoms with E-state index in [9.17, 15) is 5.11 Å². The highest BCUT2D eigenvalue weighted by atomic mass is 16.3. The minimum absolute atomic E-state index is 0.366. The van der Waals surface area contributed by atoms with Gasteiger partial charge in [-0.25, -0.2) is 0 Å². The smallest absolute Gasteiger partial charge is 0.0737 e. The summed E-state index contributed by atoms with van der Waals surface area (Å²) in [6, 6.07) is 0. The summed E-state index contributed by atoms with van der Waals surface area (Å²) in [6.07, 6.45) is 11.8. The molecule has 2 saturated carbocycles. The maximum Gasteiger partial charge on any atom is 0.0737 e. The number of rotatable bonds is 2. The third kappa shape index (κ3) is 1.63. The van der Waals surface area contributed by atoms with E-state index in [-0.39, 0.29) is 5.60 Å². The van der Waals surface area contributed by atoms with Gasteiger partial charge in [-0.1, -0.05) is 25.3 Å². The Morgan fingerprint density at radius 2 is 1.79 bits per heavy atom. The highest BCUT2D eigenvalue weighted by molar-refractivity contribution is 5.04. The van der Waals surface area contributed by atoms with E-state index in [0.29, 0.717) is 11.8 Å². The van der Waals surface area contributed by atoms with Crippen LogP contribution >= 0.6 is 0 Å². The molecule has 14 heavy (non-hydrogen) atoms. The van der Waals surface area contributed by atoms with E-state index in [2.05, 4.69) is 6.58 Å². The predicted octanol–water partition coefficient (Wildman–Crippen LogP) is 3.28. The first-order valence-corrected chi connectivity index (χ1v) is 6.12. The van der Waals surface area contributed by atoms with Crippen molar-refractivity contribution < 1.29 is 5.11 Å². The quantitative estimate of drug-likeness (QED) is 0.669. The summed E-state index contributed by atoms with van der Waals surface area (Å²) in [5.74, 6) is 0.923. The molecule has 0 heterocycles. The van der Waals surface area contributed by atoms with Crippen molar-refractivity contribution >= 4 is 0 Å². The van der Waals surface area contributed by atoms with Crippen LogP contribution in [0.25, 0.3) is 0 Å². The summed E-state index contributed by atoms with van der Waals surface area (Å²) >= 11 is 0. The molecule has 0 aromatic carbocycles. The van der Waals surface area contributed by atoms with Crippen molar-refractivity contribution in [3.63, 3.8) is 0 Å². The van der Waals surface area contributed by atoms with Crippen molar-refractivity contribution in [3.8, 4) is 0 Å². The van der Waals surface area contributed by atoms with Crippen LogP contribution < -0.4 is 0 Å². The molecule has 2 atom stereocenters. The van der Waals surface area contributed by atoms with Crippen LogP contribution in [-0.4, -0.2) is 10.7 Å². The van der Waals surface area contributed by atoms with Gasteiger partial charge in [-0.05, 0) is 38.0 Å². The molecule has 1 heteroatoms. The van der Waals surface area contributed by atoms with Gasteiger partial charge in [0.05, 0.1) is 5.60 Å². The SMILES string of the molecule is C=C[C@H]1CCC[C@]1(O)C1CCCCC1. The summed E-state index contributed by atoms with van der Waals surface area (Å²) in [4.78, 5) is 0. The highest BCUT2D eigenvalue weighted by Gasteiger charge is 2.45. The van der Waals surface area contributed by atoms with Crippen molar-refractivity contribution in [2.24, 2.45) is 11.8 Å². The zero-order chi connectivity index (χ0) is 10.0.